The van der Waals surface area contributed by atoms with Crippen molar-refractivity contribution < 1.29 is 4.39 Å². The molecule has 2 aromatic carbocycles. The van der Waals surface area contributed by atoms with Crippen LogP contribution in [0, 0.1) is 5.82 Å². The SMILES string of the molecule is C=C/C(=C\C(=C/C)c1ccc2[nH]nc(-c3cc4c(-c5ccc(F)cc5)cncc4[nH]3)c2c1)NC(=C)CCC. The van der Waals surface area contributed by atoms with Crippen molar-refractivity contribution in [3.8, 4) is 22.5 Å². The van der Waals surface area contributed by atoms with Crippen molar-refractivity contribution in [3.05, 3.63) is 115 Å². The minimum atomic E-state index is -0.264. The molecule has 5 nitrogen and oxygen atoms in total. The molecule has 5 rings (SSSR count). The van der Waals surface area contributed by atoms with Gasteiger partial charge < -0.3 is 10.3 Å². The highest BCUT2D eigenvalue weighted by molar-refractivity contribution is 6.01. The van der Waals surface area contributed by atoms with Gasteiger partial charge >= 0.3 is 0 Å². The Morgan fingerprint density at radius 1 is 1.05 bits per heavy atom. The van der Waals surface area contributed by atoms with Gasteiger partial charge in [0.15, 0.2) is 0 Å². The first-order chi connectivity index (χ1) is 18.5. The fourth-order valence-electron chi connectivity index (χ4n) is 4.65. The molecule has 3 N–H and O–H groups in total. The molecule has 0 unspecified atom stereocenters. The summed E-state index contributed by atoms with van der Waals surface area (Å²) >= 11 is 0. The molecule has 0 bridgehead atoms. The highest BCUT2D eigenvalue weighted by Crippen LogP contribution is 2.34. The second-order valence-electron chi connectivity index (χ2n) is 9.20. The summed E-state index contributed by atoms with van der Waals surface area (Å²) in [6.45, 7) is 12.2. The summed E-state index contributed by atoms with van der Waals surface area (Å²) in [6.07, 6.45) is 11.5. The Bertz CT molecular complexity index is 1700. The first kappa shape index (κ1) is 25.0. The monoisotopic (exact) mass is 503 g/mol. The summed E-state index contributed by atoms with van der Waals surface area (Å²) in [5.41, 5.74) is 9.36. The molecular weight excluding hydrogens is 473 g/mol. The van der Waals surface area contributed by atoms with Gasteiger partial charge in [-0.2, -0.15) is 5.10 Å². The molecule has 6 heteroatoms. The summed E-state index contributed by atoms with van der Waals surface area (Å²) in [6, 6.07) is 14.8. The van der Waals surface area contributed by atoms with Gasteiger partial charge in [0.2, 0.25) is 0 Å². The minimum absolute atomic E-state index is 0.264. The van der Waals surface area contributed by atoms with E-state index in [2.05, 4.69) is 75.9 Å². The second kappa shape index (κ2) is 10.7. The van der Waals surface area contributed by atoms with E-state index < -0.39 is 0 Å². The number of hydrogen-bond donors (Lipinski definition) is 3. The summed E-state index contributed by atoms with van der Waals surface area (Å²) in [5, 5.41) is 13.2. The van der Waals surface area contributed by atoms with Crippen molar-refractivity contribution in [3.63, 3.8) is 0 Å². The zero-order valence-electron chi connectivity index (χ0n) is 21.6. The Morgan fingerprint density at radius 2 is 1.87 bits per heavy atom. The van der Waals surface area contributed by atoms with Gasteiger partial charge in [-0.1, -0.05) is 50.8 Å². The van der Waals surface area contributed by atoms with Crippen LogP contribution in [-0.4, -0.2) is 20.2 Å². The molecule has 3 heterocycles. The lowest BCUT2D eigenvalue weighted by molar-refractivity contribution is 0.628. The number of halogens is 1. The number of fused-ring (bicyclic) bond motifs is 2. The number of pyridine rings is 1. The van der Waals surface area contributed by atoms with Crippen LogP contribution < -0.4 is 5.32 Å². The maximum Gasteiger partial charge on any atom is 0.123 e. The molecule has 190 valence electrons. The maximum absolute atomic E-state index is 13.5. The third-order valence-corrected chi connectivity index (χ3v) is 6.57. The summed E-state index contributed by atoms with van der Waals surface area (Å²) in [4.78, 5) is 7.87. The average molecular weight is 504 g/mol. The minimum Gasteiger partial charge on any atom is -0.359 e. The van der Waals surface area contributed by atoms with Crippen molar-refractivity contribution >= 4 is 27.4 Å². The normalized spacial score (nSPS) is 12.3. The maximum atomic E-state index is 13.5. The standard InChI is InChI=1S/C32H30FN5/c1-5-8-20(4)35-25(7-3)15-21(6-2)23-11-14-29-27(16-23)32(38-37-29)30-17-26-28(18-34-19-31(26)36-30)22-9-12-24(33)13-10-22/h6-7,9-19,35-36H,3-5,8H2,1-2H3,(H,37,38)/b21-6+,25-15+. The zero-order chi connectivity index (χ0) is 26.6. The van der Waals surface area contributed by atoms with E-state index in [1.54, 1.807) is 24.5 Å². The molecule has 0 radical (unpaired) electrons. The molecule has 0 saturated carbocycles. The summed E-state index contributed by atoms with van der Waals surface area (Å²) < 4.78 is 13.5. The van der Waals surface area contributed by atoms with Crippen LogP contribution in [0.3, 0.4) is 0 Å². The van der Waals surface area contributed by atoms with Crippen molar-refractivity contribution in [2.75, 3.05) is 0 Å². The van der Waals surface area contributed by atoms with E-state index in [1.807, 2.05) is 19.1 Å². The van der Waals surface area contributed by atoms with Gasteiger partial charge in [0, 0.05) is 33.9 Å². The molecule has 5 aromatic rings. The molecule has 3 aromatic heterocycles. The van der Waals surface area contributed by atoms with Crippen molar-refractivity contribution in [2.24, 2.45) is 0 Å². The van der Waals surface area contributed by atoms with E-state index in [4.69, 9.17) is 0 Å². The van der Waals surface area contributed by atoms with Gasteiger partial charge in [-0.3, -0.25) is 10.1 Å². The van der Waals surface area contributed by atoms with E-state index >= 15 is 0 Å². The molecule has 0 fully saturated rings. The first-order valence-corrected chi connectivity index (χ1v) is 12.7. The van der Waals surface area contributed by atoms with E-state index in [0.717, 1.165) is 79.7 Å². The first-order valence-electron chi connectivity index (χ1n) is 12.7. The number of H-pyrrole nitrogens is 2. The lowest BCUT2D eigenvalue weighted by Crippen LogP contribution is -2.10. The van der Waals surface area contributed by atoms with Crippen LogP contribution >= 0.6 is 0 Å². The van der Waals surface area contributed by atoms with Crippen LogP contribution in [0.1, 0.15) is 32.3 Å². The molecule has 38 heavy (non-hydrogen) atoms. The quantitative estimate of drug-likeness (QED) is 0.177. The number of nitrogens with one attached hydrogen (secondary N) is 3. The number of benzene rings is 2. The van der Waals surface area contributed by atoms with Crippen LogP contribution in [0.2, 0.25) is 0 Å². The van der Waals surface area contributed by atoms with E-state index in [9.17, 15) is 4.39 Å². The molecule has 0 saturated heterocycles. The Morgan fingerprint density at radius 3 is 2.61 bits per heavy atom. The van der Waals surface area contributed by atoms with Crippen LogP contribution in [0.25, 0.3) is 49.9 Å². The second-order valence-corrected chi connectivity index (χ2v) is 9.20. The van der Waals surface area contributed by atoms with Gasteiger partial charge in [0.1, 0.15) is 11.5 Å². The predicted octanol–water partition coefficient (Wildman–Crippen LogP) is 8.29. The smallest absolute Gasteiger partial charge is 0.123 e. The van der Waals surface area contributed by atoms with Crippen LogP contribution in [-0.2, 0) is 0 Å². The molecule has 0 aliphatic rings. The van der Waals surface area contributed by atoms with Gasteiger partial charge in [0.05, 0.1) is 22.9 Å². The third-order valence-electron chi connectivity index (χ3n) is 6.57. The summed E-state index contributed by atoms with van der Waals surface area (Å²) in [7, 11) is 0. The number of aromatic amines is 2. The molecule has 0 aliphatic carbocycles. The van der Waals surface area contributed by atoms with Gasteiger partial charge in [0.25, 0.3) is 0 Å². The lowest BCUT2D eigenvalue weighted by Gasteiger charge is -2.11. The van der Waals surface area contributed by atoms with E-state index in [-0.39, 0.29) is 5.82 Å². The molecule has 0 amide bonds. The zero-order valence-corrected chi connectivity index (χ0v) is 21.6. The Labute approximate surface area is 221 Å². The molecule has 0 spiro atoms. The predicted molar refractivity (Wildman–Crippen MR) is 156 cm³/mol. The number of hydrogen-bond acceptors (Lipinski definition) is 3. The lowest BCUT2D eigenvalue weighted by atomic mass is 10.0. The molecular formula is C32H30FN5. The number of allylic oxidation sites excluding steroid dienone is 5. The van der Waals surface area contributed by atoms with E-state index in [1.165, 1.54) is 12.1 Å². The van der Waals surface area contributed by atoms with Gasteiger partial charge in [-0.25, -0.2) is 4.39 Å². The highest BCUT2D eigenvalue weighted by atomic mass is 19.1. The fraction of sp³-hybridized carbons (Fsp3) is 0.125. The Balaban J connectivity index is 1.54. The van der Waals surface area contributed by atoms with Crippen LogP contribution in [0.15, 0.2) is 104 Å². The van der Waals surface area contributed by atoms with Crippen LogP contribution in [0.4, 0.5) is 4.39 Å². The number of rotatable bonds is 9. The topological polar surface area (TPSA) is 69.4 Å². The van der Waals surface area contributed by atoms with Crippen LogP contribution in [0.5, 0.6) is 0 Å². The molecule has 0 atom stereocenters. The number of aromatic nitrogens is 4. The van der Waals surface area contributed by atoms with E-state index in [0.29, 0.717) is 0 Å². The van der Waals surface area contributed by atoms with Crippen molar-refractivity contribution in [1.82, 2.24) is 25.5 Å². The average Bonchev–Trinajstić information content (AvgIpc) is 3.55. The third kappa shape index (κ3) is 4.93. The van der Waals surface area contributed by atoms with Gasteiger partial charge in [-0.05, 0) is 72.5 Å². The fourth-order valence-corrected chi connectivity index (χ4v) is 4.65. The Kier molecular flexibility index (Phi) is 7.05. The van der Waals surface area contributed by atoms with Crippen molar-refractivity contribution in [1.29, 1.82) is 0 Å². The largest absolute Gasteiger partial charge is 0.359 e. The Hall–Kier alpha value is -4.71. The molecule has 0 aliphatic heterocycles. The number of nitrogens with zero attached hydrogens (tertiary/aromatic N) is 2. The van der Waals surface area contributed by atoms with Gasteiger partial charge in [-0.15, -0.1) is 0 Å². The van der Waals surface area contributed by atoms with Crippen molar-refractivity contribution in [2.45, 2.75) is 26.7 Å². The summed E-state index contributed by atoms with van der Waals surface area (Å²) in [5.74, 6) is -0.264. The highest BCUT2D eigenvalue weighted by Gasteiger charge is 2.15.